The number of nitrogens with one attached hydrogen (secondary N) is 1. The second kappa shape index (κ2) is 8.47. The van der Waals surface area contributed by atoms with Crippen molar-refractivity contribution in [3.63, 3.8) is 0 Å². The lowest BCUT2D eigenvalue weighted by molar-refractivity contribution is 0.0245. The standard InChI is InChI=1S/C15H30N2O3/c1-5-9-17(14(18)20-15(2,3)4)10-8-16-13-6-11-19-12-7-13/h13,16H,5-12H2,1-4H3. The normalized spacial score (nSPS) is 17.0. The van der Waals surface area contributed by atoms with E-state index in [0.29, 0.717) is 12.6 Å². The maximum atomic E-state index is 12.1. The quantitative estimate of drug-likeness (QED) is 0.814. The van der Waals surface area contributed by atoms with Gasteiger partial charge in [-0.25, -0.2) is 4.79 Å². The van der Waals surface area contributed by atoms with Crippen molar-refractivity contribution in [2.45, 2.75) is 58.6 Å². The van der Waals surface area contributed by atoms with Gasteiger partial charge in [-0.3, -0.25) is 0 Å². The first kappa shape index (κ1) is 17.2. The van der Waals surface area contributed by atoms with Crippen LogP contribution in [0.2, 0.25) is 0 Å². The number of ether oxygens (including phenoxy) is 2. The zero-order chi connectivity index (χ0) is 15.0. The summed E-state index contributed by atoms with van der Waals surface area (Å²) in [4.78, 5) is 13.9. The van der Waals surface area contributed by atoms with Crippen molar-refractivity contribution < 1.29 is 14.3 Å². The van der Waals surface area contributed by atoms with Crippen molar-refractivity contribution in [2.24, 2.45) is 0 Å². The Bertz CT molecular complexity index is 283. The molecule has 0 aromatic carbocycles. The van der Waals surface area contributed by atoms with Crippen LogP contribution in [-0.4, -0.2) is 55.5 Å². The summed E-state index contributed by atoms with van der Waals surface area (Å²) in [5.41, 5.74) is -0.433. The fourth-order valence-electron chi connectivity index (χ4n) is 2.20. The molecule has 5 heteroatoms. The second-order valence-corrected chi connectivity index (χ2v) is 6.31. The van der Waals surface area contributed by atoms with E-state index in [1.54, 1.807) is 4.90 Å². The second-order valence-electron chi connectivity index (χ2n) is 6.31. The molecular formula is C15H30N2O3. The molecule has 1 aliphatic heterocycles. The van der Waals surface area contributed by atoms with Crippen molar-refractivity contribution in [3.05, 3.63) is 0 Å². The Hall–Kier alpha value is -0.810. The topological polar surface area (TPSA) is 50.8 Å². The Morgan fingerprint density at radius 3 is 2.50 bits per heavy atom. The molecule has 1 saturated heterocycles. The van der Waals surface area contributed by atoms with E-state index in [1.165, 1.54) is 0 Å². The summed E-state index contributed by atoms with van der Waals surface area (Å²) in [6.45, 7) is 11.7. The van der Waals surface area contributed by atoms with Gasteiger partial charge in [-0.15, -0.1) is 0 Å². The molecule has 1 rings (SSSR count). The van der Waals surface area contributed by atoms with E-state index in [9.17, 15) is 4.79 Å². The van der Waals surface area contributed by atoms with Gasteiger partial charge in [0.15, 0.2) is 0 Å². The molecule has 0 radical (unpaired) electrons. The van der Waals surface area contributed by atoms with Gasteiger partial charge >= 0.3 is 6.09 Å². The molecule has 118 valence electrons. The highest BCUT2D eigenvalue weighted by Gasteiger charge is 2.21. The van der Waals surface area contributed by atoms with Crippen LogP contribution in [0.5, 0.6) is 0 Å². The van der Waals surface area contributed by atoms with E-state index < -0.39 is 5.60 Å². The van der Waals surface area contributed by atoms with E-state index >= 15 is 0 Å². The van der Waals surface area contributed by atoms with Gasteiger partial charge in [0.2, 0.25) is 0 Å². The molecule has 1 amide bonds. The molecule has 0 bridgehead atoms. The molecule has 1 fully saturated rings. The minimum atomic E-state index is -0.433. The third kappa shape index (κ3) is 7.10. The SMILES string of the molecule is CCCN(CCNC1CCOCC1)C(=O)OC(C)(C)C. The lowest BCUT2D eigenvalue weighted by atomic mass is 10.1. The number of carbonyl (C=O) groups excluding carboxylic acids is 1. The number of rotatable bonds is 6. The first-order valence-electron chi connectivity index (χ1n) is 7.71. The van der Waals surface area contributed by atoms with Crippen molar-refractivity contribution >= 4 is 6.09 Å². The van der Waals surface area contributed by atoms with Gasteiger partial charge in [0.1, 0.15) is 5.60 Å². The molecule has 1 heterocycles. The highest BCUT2D eigenvalue weighted by molar-refractivity contribution is 5.68. The third-order valence-electron chi connectivity index (χ3n) is 3.18. The molecule has 1 N–H and O–H groups in total. The zero-order valence-corrected chi connectivity index (χ0v) is 13.4. The number of hydrogen-bond acceptors (Lipinski definition) is 4. The Morgan fingerprint density at radius 2 is 1.95 bits per heavy atom. The Morgan fingerprint density at radius 1 is 1.30 bits per heavy atom. The predicted octanol–water partition coefficient (Wildman–Crippen LogP) is 2.40. The smallest absolute Gasteiger partial charge is 0.410 e. The maximum absolute atomic E-state index is 12.1. The first-order chi connectivity index (χ1) is 9.42. The largest absolute Gasteiger partial charge is 0.444 e. The van der Waals surface area contributed by atoms with Crippen molar-refractivity contribution in [1.82, 2.24) is 10.2 Å². The fraction of sp³-hybridized carbons (Fsp3) is 0.933. The molecule has 1 aliphatic rings. The number of nitrogens with zero attached hydrogens (tertiary/aromatic N) is 1. The van der Waals surface area contributed by atoms with Gasteiger partial charge in [-0.2, -0.15) is 0 Å². The lowest BCUT2D eigenvalue weighted by Crippen LogP contribution is -2.43. The molecule has 0 atom stereocenters. The van der Waals surface area contributed by atoms with E-state index in [0.717, 1.165) is 45.6 Å². The summed E-state index contributed by atoms with van der Waals surface area (Å²) in [5, 5.41) is 3.50. The van der Waals surface area contributed by atoms with Crippen LogP contribution < -0.4 is 5.32 Å². The Balaban J connectivity index is 2.32. The number of amides is 1. The molecule has 5 nitrogen and oxygen atoms in total. The van der Waals surface area contributed by atoms with Crippen LogP contribution in [0.25, 0.3) is 0 Å². The molecule has 0 aromatic rings. The zero-order valence-electron chi connectivity index (χ0n) is 13.4. The van der Waals surface area contributed by atoms with Gasteiger partial charge in [-0.1, -0.05) is 6.92 Å². The summed E-state index contributed by atoms with van der Waals surface area (Å²) >= 11 is 0. The highest BCUT2D eigenvalue weighted by Crippen LogP contribution is 2.10. The molecule has 0 unspecified atom stereocenters. The molecule has 0 spiro atoms. The summed E-state index contributed by atoms with van der Waals surface area (Å²) in [6.07, 6.45) is 2.84. The monoisotopic (exact) mass is 286 g/mol. The minimum absolute atomic E-state index is 0.215. The van der Waals surface area contributed by atoms with Crippen LogP contribution in [0.15, 0.2) is 0 Å². The van der Waals surface area contributed by atoms with E-state index in [1.807, 2.05) is 20.8 Å². The van der Waals surface area contributed by atoms with Crippen LogP contribution in [0, 0.1) is 0 Å². The van der Waals surface area contributed by atoms with Crippen LogP contribution >= 0.6 is 0 Å². The Kier molecular flexibility index (Phi) is 7.30. The van der Waals surface area contributed by atoms with Crippen LogP contribution in [0.3, 0.4) is 0 Å². The van der Waals surface area contributed by atoms with E-state index in [-0.39, 0.29) is 6.09 Å². The van der Waals surface area contributed by atoms with Gasteiger partial charge < -0.3 is 19.7 Å². The van der Waals surface area contributed by atoms with Gasteiger partial charge in [0.25, 0.3) is 0 Å². The van der Waals surface area contributed by atoms with Crippen LogP contribution in [-0.2, 0) is 9.47 Å². The summed E-state index contributed by atoms with van der Waals surface area (Å²) in [6, 6.07) is 0.519. The van der Waals surface area contributed by atoms with Gasteiger partial charge in [0, 0.05) is 38.9 Å². The summed E-state index contributed by atoms with van der Waals surface area (Å²) in [7, 11) is 0. The molecule has 0 aromatic heterocycles. The van der Waals surface area contributed by atoms with Gasteiger partial charge in [0.05, 0.1) is 0 Å². The minimum Gasteiger partial charge on any atom is -0.444 e. The first-order valence-corrected chi connectivity index (χ1v) is 7.71. The average molecular weight is 286 g/mol. The molecular weight excluding hydrogens is 256 g/mol. The van der Waals surface area contributed by atoms with Gasteiger partial charge in [-0.05, 0) is 40.0 Å². The number of hydrogen-bond donors (Lipinski definition) is 1. The van der Waals surface area contributed by atoms with Crippen LogP contribution in [0.4, 0.5) is 4.79 Å². The summed E-state index contributed by atoms with van der Waals surface area (Å²) < 4.78 is 10.8. The Labute approximate surface area is 123 Å². The van der Waals surface area contributed by atoms with E-state index in [2.05, 4.69) is 12.2 Å². The van der Waals surface area contributed by atoms with Crippen LogP contribution in [0.1, 0.15) is 47.0 Å². The van der Waals surface area contributed by atoms with Crippen molar-refractivity contribution in [1.29, 1.82) is 0 Å². The highest BCUT2D eigenvalue weighted by atomic mass is 16.6. The van der Waals surface area contributed by atoms with E-state index in [4.69, 9.17) is 9.47 Å². The molecule has 0 aliphatic carbocycles. The lowest BCUT2D eigenvalue weighted by Gasteiger charge is -2.28. The predicted molar refractivity (Wildman–Crippen MR) is 79.9 cm³/mol. The molecule has 20 heavy (non-hydrogen) atoms. The molecule has 0 saturated carbocycles. The fourth-order valence-corrected chi connectivity index (χ4v) is 2.20. The third-order valence-corrected chi connectivity index (χ3v) is 3.18. The average Bonchev–Trinajstić information content (AvgIpc) is 2.37. The van der Waals surface area contributed by atoms with Crippen molar-refractivity contribution in [2.75, 3.05) is 32.8 Å². The maximum Gasteiger partial charge on any atom is 0.410 e. The summed E-state index contributed by atoms with van der Waals surface area (Å²) in [5.74, 6) is 0. The van der Waals surface area contributed by atoms with Crippen molar-refractivity contribution in [3.8, 4) is 0 Å². The number of carbonyl (C=O) groups is 1.